The van der Waals surface area contributed by atoms with Crippen LogP contribution in [0.4, 0.5) is 4.39 Å². The molecule has 4 aromatic rings. The van der Waals surface area contributed by atoms with E-state index in [0.29, 0.717) is 22.4 Å². The monoisotopic (exact) mass is 476 g/mol. The first kappa shape index (κ1) is 23.0. The summed E-state index contributed by atoms with van der Waals surface area (Å²) >= 11 is 5.66. The number of nitrogens with zero attached hydrogens (tertiary/aromatic N) is 3. The number of halogens is 2. The lowest BCUT2D eigenvalue weighted by Gasteiger charge is -2.27. The molecule has 1 aromatic heterocycles. The van der Waals surface area contributed by atoms with E-state index < -0.39 is 17.3 Å². The minimum absolute atomic E-state index is 0.137. The summed E-state index contributed by atoms with van der Waals surface area (Å²) in [6.45, 7) is 0. The molecule has 7 nitrogen and oxygen atoms in total. The second kappa shape index (κ2) is 10.2. The van der Waals surface area contributed by atoms with Gasteiger partial charge in [-0.15, -0.1) is 0 Å². The molecule has 1 heterocycles. The highest BCUT2D eigenvalue weighted by atomic mass is 35.5. The summed E-state index contributed by atoms with van der Waals surface area (Å²) in [6, 6.07) is 23.7. The Labute approximate surface area is 199 Å². The summed E-state index contributed by atoms with van der Waals surface area (Å²) in [7, 11) is 0. The maximum atomic E-state index is 13.7. The summed E-state index contributed by atoms with van der Waals surface area (Å²) in [5, 5.41) is 15.2. The third kappa shape index (κ3) is 5.09. The number of amides is 1. The Balaban J connectivity index is 1.47. The number of benzene rings is 3. The molecular weight excluding hydrogens is 459 g/mol. The van der Waals surface area contributed by atoms with Crippen LogP contribution in [0.1, 0.15) is 16.7 Å². The lowest BCUT2D eigenvalue weighted by molar-refractivity contribution is -0.136. The number of hydrogen-bond acceptors (Lipinski definition) is 6. The Morgan fingerprint density at radius 1 is 1.00 bits per heavy atom. The van der Waals surface area contributed by atoms with Crippen LogP contribution in [0.2, 0.25) is 5.28 Å². The number of hydrogen-bond donors (Lipinski definition) is 2. The van der Waals surface area contributed by atoms with Gasteiger partial charge in [0.05, 0.1) is 12.4 Å². The van der Waals surface area contributed by atoms with Gasteiger partial charge in [0.1, 0.15) is 5.75 Å². The molecule has 0 aliphatic heterocycles. The van der Waals surface area contributed by atoms with Crippen molar-refractivity contribution in [2.45, 2.75) is 5.60 Å². The molecule has 4 rings (SSSR count). The third-order valence-corrected chi connectivity index (χ3v) is 5.05. The fraction of sp³-hybridized carbons (Fsp3) is 0.0400. The molecule has 0 radical (unpaired) electrons. The number of aliphatic hydroxyl groups is 1. The molecule has 0 atom stereocenters. The van der Waals surface area contributed by atoms with Crippen LogP contribution in [-0.2, 0) is 10.4 Å². The first-order valence-corrected chi connectivity index (χ1v) is 10.5. The van der Waals surface area contributed by atoms with Crippen molar-refractivity contribution >= 4 is 23.7 Å². The topological polar surface area (TPSA) is 96.7 Å². The van der Waals surface area contributed by atoms with Crippen LogP contribution in [0, 0.1) is 5.82 Å². The molecule has 170 valence electrons. The molecule has 9 heteroatoms. The maximum absolute atomic E-state index is 13.7. The van der Waals surface area contributed by atoms with Gasteiger partial charge in [-0.3, -0.25) is 4.79 Å². The normalized spacial score (nSPS) is 11.4. The minimum atomic E-state index is -1.93. The Kier molecular flexibility index (Phi) is 6.91. The van der Waals surface area contributed by atoms with Crippen LogP contribution in [-0.4, -0.2) is 27.2 Å². The zero-order valence-electron chi connectivity index (χ0n) is 17.6. The van der Waals surface area contributed by atoms with Gasteiger partial charge in [0, 0.05) is 0 Å². The Hall–Kier alpha value is -4.14. The Bertz CT molecular complexity index is 1260. The molecule has 0 bridgehead atoms. The van der Waals surface area contributed by atoms with E-state index in [0.717, 1.165) is 6.20 Å². The number of nitrogens with one attached hydrogen (secondary N) is 1. The second-order valence-electron chi connectivity index (χ2n) is 7.10. The maximum Gasteiger partial charge on any atom is 0.281 e. The van der Waals surface area contributed by atoms with E-state index in [1.54, 1.807) is 84.9 Å². The van der Waals surface area contributed by atoms with E-state index in [-0.39, 0.29) is 11.2 Å². The summed E-state index contributed by atoms with van der Waals surface area (Å²) in [6.07, 6.45) is 2.32. The molecule has 0 spiro atoms. The van der Waals surface area contributed by atoms with E-state index in [1.165, 1.54) is 6.21 Å². The van der Waals surface area contributed by atoms with Gasteiger partial charge in [-0.25, -0.2) is 10.4 Å². The van der Waals surface area contributed by atoms with Crippen molar-refractivity contribution in [3.05, 3.63) is 119 Å². The fourth-order valence-corrected chi connectivity index (χ4v) is 3.30. The SMILES string of the molecule is O=C(N/N=C/c1ccc(Oc2nc(Cl)ncc2F)cc1)C(O)(c1ccccc1)c1ccccc1. The molecule has 0 saturated heterocycles. The van der Waals surface area contributed by atoms with Gasteiger partial charge >= 0.3 is 0 Å². The number of carbonyl (C=O) groups excluding carboxylic acids is 1. The zero-order chi connectivity index (χ0) is 24.0. The standard InChI is InChI=1S/C25H18ClFN4O3/c26-24-28-16-21(27)22(30-24)34-20-13-11-17(12-14-20)15-29-31-23(32)25(33,18-7-3-1-4-8-18)19-9-5-2-6-10-19/h1-16,33H,(H,31,32)/b29-15+. The quantitative estimate of drug-likeness (QED) is 0.233. The lowest BCUT2D eigenvalue weighted by atomic mass is 9.85. The molecule has 0 aliphatic carbocycles. The van der Waals surface area contributed by atoms with Gasteiger partial charge in [-0.1, -0.05) is 60.7 Å². The highest BCUT2D eigenvalue weighted by molar-refractivity contribution is 6.28. The van der Waals surface area contributed by atoms with Gasteiger partial charge in [-0.05, 0) is 52.6 Å². The summed E-state index contributed by atoms with van der Waals surface area (Å²) in [5.41, 5.74) is 1.92. The van der Waals surface area contributed by atoms with E-state index in [9.17, 15) is 14.3 Å². The first-order chi connectivity index (χ1) is 16.5. The summed E-state index contributed by atoms with van der Waals surface area (Å²) in [4.78, 5) is 20.2. The van der Waals surface area contributed by atoms with E-state index in [1.807, 2.05) is 0 Å². The van der Waals surface area contributed by atoms with Crippen LogP contribution in [0.15, 0.2) is 96.2 Å². The summed E-state index contributed by atoms with van der Waals surface area (Å²) in [5.74, 6) is -1.44. The number of rotatable bonds is 7. The van der Waals surface area contributed by atoms with Crippen LogP contribution < -0.4 is 10.2 Å². The minimum Gasteiger partial charge on any atom is -0.436 e. The molecule has 1 amide bonds. The van der Waals surface area contributed by atoms with Crippen molar-refractivity contribution < 1.29 is 19.0 Å². The molecule has 0 aliphatic rings. The van der Waals surface area contributed by atoms with E-state index >= 15 is 0 Å². The van der Waals surface area contributed by atoms with Crippen LogP contribution in [0.5, 0.6) is 11.6 Å². The fourth-order valence-electron chi connectivity index (χ4n) is 3.17. The highest BCUT2D eigenvalue weighted by Crippen LogP contribution is 2.30. The van der Waals surface area contributed by atoms with Crippen molar-refractivity contribution in [3.63, 3.8) is 0 Å². The molecule has 2 N–H and O–H groups in total. The number of carbonyl (C=O) groups is 1. The van der Waals surface area contributed by atoms with Crippen molar-refractivity contribution in [1.29, 1.82) is 0 Å². The number of ether oxygens (including phenoxy) is 1. The molecule has 3 aromatic carbocycles. The molecular formula is C25H18ClFN4O3. The van der Waals surface area contributed by atoms with Crippen molar-refractivity contribution in [1.82, 2.24) is 15.4 Å². The van der Waals surface area contributed by atoms with Crippen molar-refractivity contribution in [3.8, 4) is 11.6 Å². The molecule has 0 saturated carbocycles. The van der Waals surface area contributed by atoms with Crippen molar-refractivity contribution in [2.75, 3.05) is 0 Å². The molecule has 0 fully saturated rings. The highest BCUT2D eigenvalue weighted by Gasteiger charge is 2.39. The van der Waals surface area contributed by atoms with E-state index in [2.05, 4.69) is 20.5 Å². The average Bonchev–Trinajstić information content (AvgIpc) is 2.87. The van der Waals surface area contributed by atoms with Gasteiger partial charge in [-0.2, -0.15) is 14.5 Å². The summed E-state index contributed by atoms with van der Waals surface area (Å²) < 4.78 is 19.1. The Morgan fingerprint density at radius 2 is 1.59 bits per heavy atom. The van der Waals surface area contributed by atoms with E-state index in [4.69, 9.17) is 16.3 Å². The molecule has 34 heavy (non-hydrogen) atoms. The molecule has 0 unspecified atom stereocenters. The third-order valence-electron chi connectivity index (χ3n) is 4.87. The largest absolute Gasteiger partial charge is 0.436 e. The van der Waals surface area contributed by atoms with Gasteiger partial charge in [0.15, 0.2) is 5.60 Å². The van der Waals surface area contributed by atoms with Gasteiger partial charge < -0.3 is 9.84 Å². The predicted molar refractivity (Wildman–Crippen MR) is 125 cm³/mol. The number of hydrazone groups is 1. The van der Waals surface area contributed by atoms with Gasteiger partial charge in [0.2, 0.25) is 11.1 Å². The van der Waals surface area contributed by atoms with Crippen LogP contribution in [0.25, 0.3) is 0 Å². The van der Waals surface area contributed by atoms with Crippen molar-refractivity contribution in [2.24, 2.45) is 5.10 Å². The Morgan fingerprint density at radius 3 is 2.18 bits per heavy atom. The van der Waals surface area contributed by atoms with Crippen LogP contribution in [0.3, 0.4) is 0 Å². The second-order valence-corrected chi connectivity index (χ2v) is 7.44. The first-order valence-electron chi connectivity index (χ1n) is 10.1. The zero-order valence-corrected chi connectivity index (χ0v) is 18.4. The van der Waals surface area contributed by atoms with Gasteiger partial charge in [0.25, 0.3) is 11.8 Å². The van der Waals surface area contributed by atoms with Crippen LogP contribution >= 0.6 is 11.6 Å². The number of aromatic nitrogens is 2. The predicted octanol–water partition coefficient (Wildman–Crippen LogP) is 4.45. The lowest BCUT2D eigenvalue weighted by Crippen LogP contribution is -2.43. The average molecular weight is 477 g/mol. The smallest absolute Gasteiger partial charge is 0.281 e.